The SMILES string of the molecule is CC(C(=O)O)c1ccc(OCCN(CCCCSc2ccccc2)C(=O)OCC(F)(F)F)cc1. The van der Waals surface area contributed by atoms with E-state index in [1.807, 2.05) is 30.3 Å². The molecule has 0 aliphatic rings. The van der Waals surface area contributed by atoms with E-state index < -0.39 is 30.8 Å². The standard InChI is InChI=1S/C24H28F3NO5S/c1-18(22(29)30)19-9-11-20(12-10-19)32-15-14-28(23(31)33-17-24(25,26)27)13-5-6-16-34-21-7-3-2-4-8-21/h2-4,7-12,18H,5-6,13-17H2,1H3,(H,29,30). The number of carbonyl (C=O) groups is 2. The number of thioether (sulfide) groups is 1. The molecule has 2 rings (SSSR count). The molecule has 0 heterocycles. The van der Waals surface area contributed by atoms with Gasteiger partial charge in [-0.3, -0.25) is 4.79 Å². The second-order valence-electron chi connectivity index (χ2n) is 7.50. The molecular formula is C24H28F3NO5S. The summed E-state index contributed by atoms with van der Waals surface area (Å²) in [4.78, 5) is 25.6. The fourth-order valence-electron chi connectivity index (χ4n) is 2.91. The molecule has 34 heavy (non-hydrogen) atoms. The maximum atomic E-state index is 12.4. The quantitative estimate of drug-likeness (QED) is 0.276. The molecule has 10 heteroatoms. The Morgan fingerprint density at radius 2 is 1.71 bits per heavy atom. The predicted octanol–water partition coefficient (Wildman–Crippen LogP) is 5.83. The Labute approximate surface area is 201 Å². The Hall–Kier alpha value is -2.88. The summed E-state index contributed by atoms with van der Waals surface area (Å²) in [5, 5.41) is 9.06. The Morgan fingerprint density at radius 1 is 1.03 bits per heavy atom. The van der Waals surface area contributed by atoms with Gasteiger partial charge in [0.1, 0.15) is 12.4 Å². The van der Waals surface area contributed by atoms with Gasteiger partial charge in [0.2, 0.25) is 0 Å². The van der Waals surface area contributed by atoms with Crippen LogP contribution in [0.25, 0.3) is 0 Å². The summed E-state index contributed by atoms with van der Waals surface area (Å²) in [6, 6.07) is 16.3. The fourth-order valence-corrected chi connectivity index (χ4v) is 3.84. The number of halogens is 3. The fraction of sp³-hybridized carbons (Fsp3) is 0.417. The Bertz CT molecular complexity index is 894. The summed E-state index contributed by atoms with van der Waals surface area (Å²) in [7, 11) is 0. The van der Waals surface area contributed by atoms with Crippen molar-refractivity contribution in [2.45, 2.75) is 36.8 Å². The van der Waals surface area contributed by atoms with Crippen molar-refractivity contribution in [3.63, 3.8) is 0 Å². The molecule has 1 N–H and O–H groups in total. The third-order valence-electron chi connectivity index (χ3n) is 4.83. The predicted molar refractivity (Wildman–Crippen MR) is 123 cm³/mol. The molecule has 0 spiro atoms. The van der Waals surface area contributed by atoms with Gasteiger partial charge < -0.3 is 19.5 Å². The van der Waals surface area contributed by atoms with Crippen LogP contribution in [0.2, 0.25) is 0 Å². The summed E-state index contributed by atoms with van der Waals surface area (Å²) in [5.74, 6) is -0.325. The molecule has 186 valence electrons. The van der Waals surface area contributed by atoms with Gasteiger partial charge >= 0.3 is 18.2 Å². The molecule has 0 fully saturated rings. The van der Waals surface area contributed by atoms with Crippen molar-refractivity contribution in [3.05, 3.63) is 60.2 Å². The monoisotopic (exact) mass is 499 g/mol. The van der Waals surface area contributed by atoms with E-state index in [1.165, 1.54) is 4.90 Å². The van der Waals surface area contributed by atoms with Crippen molar-refractivity contribution in [1.82, 2.24) is 4.90 Å². The number of nitrogens with zero attached hydrogens (tertiary/aromatic N) is 1. The molecule has 0 saturated carbocycles. The lowest BCUT2D eigenvalue weighted by Crippen LogP contribution is -2.37. The molecule has 0 aliphatic heterocycles. The number of ether oxygens (including phenoxy) is 2. The van der Waals surface area contributed by atoms with Crippen molar-refractivity contribution in [1.29, 1.82) is 0 Å². The third kappa shape index (κ3) is 10.4. The normalized spacial score (nSPS) is 12.1. The van der Waals surface area contributed by atoms with E-state index in [0.29, 0.717) is 17.7 Å². The third-order valence-corrected chi connectivity index (χ3v) is 5.93. The minimum Gasteiger partial charge on any atom is -0.492 e. The highest BCUT2D eigenvalue weighted by molar-refractivity contribution is 7.99. The van der Waals surface area contributed by atoms with Crippen molar-refractivity contribution in [3.8, 4) is 5.75 Å². The first kappa shape index (κ1) is 27.4. The number of unbranched alkanes of at least 4 members (excludes halogenated alkanes) is 1. The maximum Gasteiger partial charge on any atom is 0.422 e. The number of rotatable bonds is 13. The molecule has 2 aromatic rings. The van der Waals surface area contributed by atoms with Gasteiger partial charge in [0.25, 0.3) is 0 Å². The molecule has 1 unspecified atom stereocenters. The van der Waals surface area contributed by atoms with Gasteiger partial charge in [-0.2, -0.15) is 13.2 Å². The molecule has 1 atom stereocenters. The Morgan fingerprint density at radius 3 is 2.32 bits per heavy atom. The highest BCUT2D eigenvalue weighted by atomic mass is 32.2. The highest BCUT2D eigenvalue weighted by Gasteiger charge is 2.30. The summed E-state index contributed by atoms with van der Waals surface area (Å²) in [5.41, 5.74) is 0.616. The molecule has 2 aromatic carbocycles. The Balaban J connectivity index is 1.83. The van der Waals surface area contributed by atoms with Gasteiger partial charge in [-0.1, -0.05) is 30.3 Å². The van der Waals surface area contributed by atoms with Gasteiger partial charge in [-0.05, 0) is 55.3 Å². The van der Waals surface area contributed by atoms with E-state index in [9.17, 15) is 22.8 Å². The van der Waals surface area contributed by atoms with Crippen molar-refractivity contribution < 1.29 is 37.3 Å². The maximum absolute atomic E-state index is 12.4. The van der Waals surface area contributed by atoms with E-state index in [2.05, 4.69) is 4.74 Å². The molecule has 0 saturated heterocycles. The van der Waals surface area contributed by atoms with E-state index in [0.717, 1.165) is 17.1 Å². The lowest BCUT2D eigenvalue weighted by atomic mass is 10.0. The lowest BCUT2D eigenvalue weighted by molar-refractivity contribution is -0.162. The van der Waals surface area contributed by atoms with E-state index >= 15 is 0 Å². The minimum absolute atomic E-state index is 0.0493. The van der Waals surface area contributed by atoms with E-state index in [1.54, 1.807) is 43.0 Å². The molecule has 6 nitrogen and oxygen atoms in total. The summed E-state index contributed by atoms with van der Waals surface area (Å²) >= 11 is 1.67. The van der Waals surface area contributed by atoms with Crippen molar-refractivity contribution >= 4 is 23.8 Å². The number of carboxylic acid groups (broad SMARTS) is 1. The average molecular weight is 500 g/mol. The molecule has 0 radical (unpaired) electrons. The molecule has 0 aromatic heterocycles. The van der Waals surface area contributed by atoms with Crippen LogP contribution in [0.15, 0.2) is 59.5 Å². The van der Waals surface area contributed by atoms with E-state index in [-0.39, 0.29) is 19.7 Å². The molecular weight excluding hydrogens is 471 g/mol. The van der Waals surface area contributed by atoms with Crippen LogP contribution < -0.4 is 4.74 Å². The number of hydrogen-bond donors (Lipinski definition) is 1. The van der Waals surface area contributed by atoms with Gasteiger partial charge in [0.05, 0.1) is 12.5 Å². The zero-order chi connectivity index (χ0) is 25.0. The molecule has 1 amide bonds. The van der Waals surface area contributed by atoms with Crippen LogP contribution in [0.3, 0.4) is 0 Å². The highest BCUT2D eigenvalue weighted by Crippen LogP contribution is 2.21. The number of hydrogen-bond acceptors (Lipinski definition) is 5. The van der Waals surface area contributed by atoms with Gasteiger partial charge in [0.15, 0.2) is 6.61 Å². The largest absolute Gasteiger partial charge is 0.492 e. The number of carbonyl (C=O) groups excluding carboxylic acids is 1. The topological polar surface area (TPSA) is 76.1 Å². The van der Waals surface area contributed by atoms with Crippen LogP contribution in [-0.2, 0) is 9.53 Å². The number of aliphatic carboxylic acids is 1. The van der Waals surface area contributed by atoms with Crippen LogP contribution in [-0.4, -0.2) is 60.3 Å². The molecule has 0 bridgehead atoms. The van der Waals surface area contributed by atoms with Gasteiger partial charge in [-0.25, -0.2) is 4.79 Å². The van der Waals surface area contributed by atoms with Crippen LogP contribution in [0.4, 0.5) is 18.0 Å². The summed E-state index contributed by atoms with van der Waals surface area (Å²) < 4.78 is 47.3. The van der Waals surface area contributed by atoms with Crippen LogP contribution in [0, 0.1) is 0 Å². The van der Waals surface area contributed by atoms with Crippen LogP contribution in [0.5, 0.6) is 5.75 Å². The minimum atomic E-state index is -4.60. The number of carboxylic acids is 1. The van der Waals surface area contributed by atoms with Crippen molar-refractivity contribution in [2.24, 2.45) is 0 Å². The smallest absolute Gasteiger partial charge is 0.422 e. The summed E-state index contributed by atoms with van der Waals surface area (Å²) in [6.45, 7) is 0.269. The number of alkyl halides is 3. The van der Waals surface area contributed by atoms with Crippen LogP contribution in [0.1, 0.15) is 31.2 Å². The lowest BCUT2D eigenvalue weighted by Gasteiger charge is -2.22. The zero-order valence-corrected chi connectivity index (χ0v) is 19.6. The van der Waals surface area contributed by atoms with E-state index in [4.69, 9.17) is 9.84 Å². The molecule has 0 aliphatic carbocycles. The number of amides is 1. The van der Waals surface area contributed by atoms with Crippen molar-refractivity contribution in [2.75, 3.05) is 32.1 Å². The average Bonchev–Trinajstić information content (AvgIpc) is 2.81. The Kier molecular flexibility index (Phi) is 11.1. The first-order valence-corrected chi connectivity index (χ1v) is 11.8. The first-order valence-electron chi connectivity index (χ1n) is 10.8. The summed E-state index contributed by atoms with van der Waals surface area (Å²) in [6.07, 6.45) is -4.27. The number of benzene rings is 2. The second-order valence-corrected chi connectivity index (χ2v) is 8.67. The second kappa shape index (κ2) is 13.7. The van der Waals surface area contributed by atoms with Gasteiger partial charge in [0, 0.05) is 11.4 Å². The first-order chi connectivity index (χ1) is 16.2. The van der Waals surface area contributed by atoms with Crippen LogP contribution >= 0.6 is 11.8 Å². The zero-order valence-electron chi connectivity index (χ0n) is 18.8. The van der Waals surface area contributed by atoms with Gasteiger partial charge in [-0.15, -0.1) is 11.8 Å².